The Balaban J connectivity index is 1.84. The van der Waals surface area contributed by atoms with Gasteiger partial charge in [-0.15, -0.1) is 0 Å². The monoisotopic (exact) mass is 225 g/mol. The van der Waals surface area contributed by atoms with Crippen molar-refractivity contribution in [1.29, 1.82) is 0 Å². The van der Waals surface area contributed by atoms with Crippen LogP contribution < -0.4 is 5.32 Å². The predicted octanol–water partition coefficient (Wildman–Crippen LogP) is 1.15. The summed E-state index contributed by atoms with van der Waals surface area (Å²) in [5.41, 5.74) is -0.559. The van der Waals surface area contributed by atoms with E-state index in [4.69, 9.17) is 9.84 Å². The number of ether oxygens (including phenoxy) is 1. The smallest absolute Gasteiger partial charge is 0.407 e. The van der Waals surface area contributed by atoms with Crippen LogP contribution >= 0.6 is 0 Å². The first kappa shape index (κ1) is 11.0. The highest BCUT2D eigenvalue weighted by Gasteiger charge is 2.67. The van der Waals surface area contributed by atoms with Gasteiger partial charge in [0.05, 0.1) is 5.41 Å². The number of rotatable bonds is 4. The van der Waals surface area contributed by atoms with Gasteiger partial charge in [-0.25, -0.2) is 4.79 Å². The minimum absolute atomic E-state index is 0.0478. The van der Waals surface area contributed by atoms with Crippen LogP contribution in [0.3, 0.4) is 0 Å². The molecule has 0 aliphatic heterocycles. The van der Waals surface area contributed by atoms with E-state index >= 15 is 0 Å². The third-order valence-electron chi connectivity index (χ3n) is 3.58. The zero-order valence-electron chi connectivity index (χ0n) is 8.94. The first-order chi connectivity index (χ1) is 7.60. The zero-order chi connectivity index (χ0) is 11.8. The first-order valence-corrected chi connectivity index (χ1v) is 5.38. The third-order valence-corrected chi connectivity index (χ3v) is 3.58. The van der Waals surface area contributed by atoms with Crippen LogP contribution in [0, 0.1) is 11.3 Å². The second-order valence-electron chi connectivity index (χ2n) is 4.45. The van der Waals surface area contributed by atoms with E-state index in [-0.39, 0.29) is 18.6 Å². The Labute approximate surface area is 93.5 Å². The van der Waals surface area contributed by atoms with Gasteiger partial charge in [-0.05, 0) is 25.2 Å². The van der Waals surface area contributed by atoms with Crippen LogP contribution in [-0.4, -0.2) is 29.8 Å². The van der Waals surface area contributed by atoms with Gasteiger partial charge in [-0.1, -0.05) is 12.7 Å². The Morgan fingerprint density at radius 1 is 1.62 bits per heavy atom. The van der Waals surface area contributed by atoms with Crippen molar-refractivity contribution in [3.8, 4) is 0 Å². The molecule has 5 nitrogen and oxygen atoms in total. The Hall–Kier alpha value is -1.52. The molecule has 5 heteroatoms. The molecule has 88 valence electrons. The van der Waals surface area contributed by atoms with Crippen molar-refractivity contribution in [2.24, 2.45) is 11.3 Å². The van der Waals surface area contributed by atoms with Crippen LogP contribution in [0.5, 0.6) is 0 Å². The summed E-state index contributed by atoms with van der Waals surface area (Å²) in [7, 11) is 0. The maximum absolute atomic E-state index is 11.3. The number of carbonyl (C=O) groups is 2. The second-order valence-corrected chi connectivity index (χ2v) is 4.45. The quantitative estimate of drug-likeness (QED) is 0.704. The average Bonchev–Trinajstić information content (AvgIpc) is 2.90. The summed E-state index contributed by atoms with van der Waals surface area (Å²) in [4.78, 5) is 22.3. The summed E-state index contributed by atoms with van der Waals surface area (Å²) >= 11 is 0. The summed E-state index contributed by atoms with van der Waals surface area (Å²) in [5, 5.41) is 11.8. The molecule has 3 atom stereocenters. The van der Waals surface area contributed by atoms with Crippen molar-refractivity contribution in [3.05, 3.63) is 12.7 Å². The van der Waals surface area contributed by atoms with Crippen molar-refractivity contribution in [3.63, 3.8) is 0 Å². The number of nitrogens with one attached hydrogen (secondary N) is 1. The summed E-state index contributed by atoms with van der Waals surface area (Å²) in [5.74, 6) is -0.650. The van der Waals surface area contributed by atoms with E-state index in [0.717, 1.165) is 6.42 Å². The van der Waals surface area contributed by atoms with E-state index in [9.17, 15) is 9.59 Å². The second kappa shape index (κ2) is 3.81. The third kappa shape index (κ3) is 1.66. The molecule has 0 spiro atoms. The van der Waals surface area contributed by atoms with Gasteiger partial charge in [0.1, 0.15) is 6.61 Å². The lowest BCUT2D eigenvalue weighted by molar-refractivity contribution is -0.143. The van der Waals surface area contributed by atoms with Crippen LogP contribution in [0.15, 0.2) is 12.7 Å². The van der Waals surface area contributed by atoms with E-state index in [0.29, 0.717) is 12.8 Å². The Kier molecular flexibility index (Phi) is 2.61. The van der Waals surface area contributed by atoms with Gasteiger partial charge in [0.15, 0.2) is 0 Å². The van der Waals surface area contributed by atoms with Gasteiger partial charge in [0, 0.05) is 6.04 Å². The molecular weight excluding hydrogens is 210 g/mol. The molecule has 0 radical (unpaired) electrons. The fraction of sp³-hybridized carbons (Fsp3) is 0.636. The highest BCUT2D eigenvalue weighted by molar-refractivity contribution is 5.80. The van der Waals surface area contributed by atoms with Gasteiger partial charge in [0.25, 0.3) is 0 Å². The molecule has 3 unspecified atom stereocenters. The van der Waals surface area contributed by atoms with Crippen LogP contribution in [0.1, 0.15) is 19.3 Å². The van der Waals surface area contributed by atoms with Crippen LogP contribution in [0.2, 0.25) is 0 Å². The fourth-order valence-corrected chi connectivity index (χ4v) is 2.62. The van der Waals surface area contributed by atoms with E-state index in [1.54, 1.807) is 0 Å². The molecule has 0 saturated heterocycles. The average molecular weight is 225 g/mol. The van der Waals surface area contributed by atoms with Gasteiger partial charge < -0.3 is 15.2 Å². The van der Waals surface area contributed by atoms with Gasteiger partial charge in [-0.2, -0.15) is 0 Å². The number of carboxylic acids is 1. The largest absolute Gasteiger partial charge is 0.481 e. The first-order valence-electron chi connectivity index (χ1n) is 5.38. The molecule has 1 amide bonds. The molecular formula is C11H15NO4. The predicted molar refractivity (Wildman–Crippen MR) is 55.9 cm³/mol. The number of carboxylic acid groups (broad SMARTS) is 1. The topological polar surface area (TPSA) is 75.6 Å². The van der Waals surface area contributed by atoms with Crippen LogP contribution in [0.25, 0.3) is 0 Å². The number of carbonyl (C=O) groups excluding carboxylic acids is 1. The van der Waals surface area contributed by atoms with E-state index in [1.165, 1.54) is 6.08 Å². The van der Waals surface area contributed by atoms with E-state index < -0.39 is 17.5 Å². The number of fused-ring (bicyclic) bond motifs is 1. The molecule has 2 aliphatic rings. The molecule has 0 aromatic carbocycles. The number of amides is 1. The van der Waals surface area contributed by atoms with Gasteiger partial charge in [0.2, 0.25) is 0 Å². The van der Waals surface area contributed by atoms with Crippen molar-refractivity contribution < 1.29 is 19.4 Å². The van der Waals surface area contributed by atoms with Crippen LogP contribution in [0.4, 0.5) is 4.79 Å². The minimum atomic E-state index is -0.735. The van der Waals surface area contributed by atoms with Crippen LogP contribution in [-0.2, 0) is 9.53 Å². The van der Waals surface area contributed by atoms with Crippen molar-refractivity contribution in [2.75, 3.05) is 6.61 Å². The SMILES string of the molecule is C=CCOC(=O)NC1CCC2(C(=O)O)CC12. The summed E-state index contributed by atoms with van der Waals surface area (Å²) in [6.45, 7) is 3.61. The normalized spacial score (nSPS) is 35.0. The molecule has 16 heavy (non-hydrogen) atoms. The maximum atomic E-state index is 11.3. The van der Waals surface area contributed by atoms with Gasteiger partial charge >= 0.3 is 12.1 Å². The molecule has 2 N–H and O–H groups in total. The molecule has 0 bridgehead atoms. The minimum Gasteiger partial charge on any atom is -0.481 e. The molecule has 2 saturated carbocycles. The number of hydrogen-bond donors (Lipinski definition) is 2. The number of aliphatic carboxylic acids is 1. The number of hydrogen-bond acceptors (Lipinski definition) is 3. The van der Waals surface area contributed by atoms with Crippen molar-refractivity contribution in [1.82, 2.24) is 5.32 Å². The molecule has 0 heterocycles. The maximum Gasteiger partial charge on any atom is 0.407 e. The summed E-state index contributed by atoms with van der Waals surface area (Å²) in [6, 6.07) is -0.0478. The number of alkyl carbamates (subject to hydrolysis) is 1. The molecule has 2 aliphatic carbocycles. The Bertz CT molecular complexity index is 341. The molecule has 2 fully saturated rings. The lowest BCUT2D eigenvalue weighted by atomic mass is 10.1. The summed E-state index contributed by atoms with van der Waals surface area (Å²) < 4.78 is 4.80. The fourth-order valence-electron chi connectivity index (χ4n) is 2.62. The van der Waals surface area contributed by atoms with Gasteiger partial charge in [-0.3, -0.25) is 4.79 Å². The molecule has 0 aromatic rings. The van der Waals surface area contributed by atoms with Crippen molar-refractivity contribution in [2.45, 2.75) is 25.3 Å². The molecule has 0 aromatic heterocycles. The lowest BCUT2D eigenvalue weighted by Gasteiger charge is -2.13. The standard InChI is InChI=1S/C11H15NO4/c1-2-5-16-10(15)12-8-3-4-11(9(13)14)6-7(8)11/h2,7-8H,1,3-6H2,(H,12,15)(H,13,14). The van der Waals surface area contributed by atoms with Crippen molar-refractivity contribution >= 4 is 12.1 Å². The van der Waals surface area contributed by atoms with E-state index in [1.807, 2.05) is 0 Å². The Morgan fingerprint density at radius 3 is 2.88 bits per heavy atom. The highest BCUT2D eigenvalue weighted by atomic mass is 16.5. The molecule has 2 rings (SSSR count). The van der Waals surface area contributed by atoms with E-state index in [2.05, 4.69) is 11.9 Å². The highest BCUT2D eigenvalue weighted by Crippen LogP contribution is 2.63. The zero-order valence-corrected chi connectivity index (χ0v) is 8.94. The lowest BCUT2D eigenvalue weighted by Crippen LogP contribution is -2.35. The summed E-state index contributed by atoms with van der Waals surface area (Å²) in [6.07, 6.45) is 3.05. The Morgan fingerprint density at radius 2 is 2.38 bits per heavy atom.